The number of carbonyl (C=O) groups excluding carboxylic acids is 1. The summed E-state index contributed by atoms with van der Waals surface area (Å²) in [6.07, 6.45) is 6.15. The molecule has 1 spiro atoms. The van der Waals surface area contributed by atoms with E-state index in [-0.39, 0.29) is 17.5 Å². The normalized spacial score (nSPS) is 21.9. The summed E-state index contributed by atoms with van der Waals surface area (Å²) in [7, 11) is 3.36. The number of amides is 2. The van der Waals surface area contributed by atoms with Crippen LogP contribution in [0.15, 0.2) is 30.1 Å². The van der Waals surface area contributed by atoms with Gasteiger partial charge in [0, 0.05) is 61.2 Å². The lowest BCUT2D eigenvalue weighted by Gasteiger charge is -2.44. The van der Waals surface area contributed by atoms with Crippen LogP contribution in [0.4, 0.5) is 4.79 Å². The third-order valence-electron chi connectivity index (χ3n) is 7.92. The quantitative estimate of drug-likeness (QED) is 0.722. The zero-order valence-electron chi connectivity index (χ0n) is 20.9. The highest BCUT2D eigenvalue weighted by Crippen LogP contribution is 2.49. The Morgan fingerprint density at radius 3 is 2.59 bits per heavy atom. The van der Waals surface area contributed by atoms with Crippen molar-refractivity contribution < 1.29 is 14.3 Å². The van der Waals surface area contributed by atoms with Crippen molar-refractivity contribution >= 4 is 6.03 Å². The molecule has 0 unspecified atom stereocenters. The Morgan fingerprint density at radius 2 is 1.97 bits per heavy atom. The number of fused-ring (bicyclic) bond motifs is 3. The molecule has 3 aliphatic rings. The number of hydrogen-bond donors (Lipinski definition) is 1. The van der Waals surface area contributed by atoms with Gasteiger partial charge in [-0.15, -0.1) is 0 Å². The van der Waals surface area contributed by atoms with Gasteiger partial charge in [-0.1, -0.05) is 13.0 Å². The number of aromatic amines is 1. The number of likely N-dealkylation sites (tertiary alicyclic amines) is 1. The highest BCUT2D eigenvalue weighted by atomic mass is 16.5. The van der Waals surface area contributed by atoms with E-state index in [2.05, 4.69) is 46.0 Å². The van der Waals surface area contributed by atoms with E-state index in [1.165, 1.54) is 5.56 Å². The van der Waals surface area contributed by atoms with Crippen molar-refractivity contribution in [3.63, 3.8) is 0 Å². The molecule has 0 bridgehead atoms. The first-order valence-corrected chi connectivity index (χ1v) is 12.2. The third kappa shape index (κ3) is 3.47. The standard InChI is InChI=1S/C26H35N5O3/c1-6-31-25(32)30-16-19-12-21(33-4)13-22(34-5)24(19)17(2)11-23(30)26(31)7-9-29(10-8-26)15-20-14-27-28-18(20)3/h11-14,17H,6-10,15-16H2,1-5H3,(H,27,28)/t17-/m0/s1. The van der Waals surface area contributed by atoms with Crippen LogP contribution in [0.1, 0.15) is 55.0 Å². The van der Waals surface area contributed by atoms with Crippen LogP contribution in [0.2, 0.25) is 0 Å². The summed E-state index contributed by atoms with van der Waals surface area (Å²) in [4.78, 5) is 20.3. The van der Waals surface area contributed by atoms with E-state index in [0.717, 1.165) is 66.5 Å². The van der Waals surface area contributed by atoms with Crippen LogP contribution in [-0.4, -0.2) is 70.3 Å². The van der Waals surface area contributed by atoms with Crippen molar-refractivity contribution in [2.24, 2.45) is 0 Å². The fraction of sp³-hybridized carbons (Fsp3) is 0.538. The topological polar surface area (TPSA) is 73.9 Å². The van der Waals surface area contributed by atoms with Crippen LogP contribution in [0.5, 0.6) is 11.5 Å². The minimum Gasteiger partial charge on any atom is -0.497 e. The lowest BCUT2D eigenvalue weighted by molar-refractivity contribution is 0.0887. The smallest absolute Gasteiger partial charge is 0.325 e. The van der Waals surface area contributed by atoms with Gasteiger partial charge in [0.15, 0.2) is 0 Å². The SMILES string of the molecule is CCN1C(=O)N2Cc3cc(OC)cc(OC)c3[C@@H](C)C=C2C12CCN(Cc1c[nH]nc1C)CC2. The van der Waals surface area contributed by atoms with Crippen molar-refractivity contribution in [3.8, 4) is 11.5 Å². The molecule has 1 aromatic carbocycles. The summed E-state index contributed by atoms with van der Waals surface area (Å²) in [6.45, 7) is 10.4. The van der Waals surface area contributed by atoms with E-state index in [4.69, 9.17) is 9.47 Å². The maximum atomic E-state index is 13.7. The largest absolute Gasteiger partial charge is 0.497 e. The molecule has 2 saturated heterocycles. The molecule has 182 valence electrons. The number of urea groups is 1. The van der Waals surface area contributed by atoms with Gasteiger partial charge in [0.25, 0.3) is 0 Å². The average molecular weight is 466 g/mol. The first-order valence-electron chi connectivity index (χ1n) is 12.2. The van der Waals surface area contributed by atoms with E-state index in [1.54, 1.807) is 14.2 Å². The molecule has 1 N–H and O–H groups in total. The van der Waals surface area contributed by atoms with Crippen molar-refractivity contribution in [2.45, 2.75) is 58.2 Å². The number of H-pyrrole nitrogens is 1. The van der Waals surface area contributed by atoms with Gasteiger partial charge in [0.05, 0.1) is 32.0 Å². The maximum Gasteiger partial charge on any atom is 0.325 e. The lowest BCUT2D eigenvalue weighted by atomic mass is 9.82. The molecule has 8 nitrogen and oxygen atoms in total. The van der Waals surface area contributed by atoms with E-state index in [1.807, 2.05) is 24.1 Å². The monoisotopic (exact) mass is 465 g/mol. The number of ether oxygens (including phenoxy) is 2. The fourth-order valence-corrected chi connectivity index (χ4v) is 6.13. The minimum absolute atomic E-state index is 0.106. The summed E-state index contributed by atoms with van der Waals surface area (Å²) < 4.78 is 11.3. The van der Waals surface area contributed by atoms with Gasteiger partial charge < -0.3 is 14.4 Å². The van der Waals surface area contributed by atoms with Gasteiger partial charge in [-0.2, -0.15) is 5.10 Å². The summed E-state index contributed by atoms with van der Waals surface area (Å²) in [5.74, 6) is 1.70. The molecule has 1 aromatic heterocycles. The molecule has 0 radical (unpaired) electrons. The predicted octanol–water partition coefficient (Wildman–Crippen LogP) is 4.03. The molecule has 2 aromatic rings. The number of nitrogens with zero attached hydrogens (tertiary/aromatic N) is 4. The Labute approximate surface area is 201 Å². The molecule has 3 aliphatic heterocycles. The molecular weight excluding hydrogens is 430 g/mol. The summed E-state index contributed by atoms with van der Waals surface area (Å²) in [6, 6.07) is 4.10. The average Bonchev–Trinajstić information content (AvgIpc) is 3.27. The van der Waals surface area contributed by atoms with Gasteiger partial charge in [-0.25, -0.2) is 4.79 Å². The Kier molecular flexibility index (Phi) is 5.80. The first kappa shape index (κ1) is 22.8. The second kappa shape index (κ2) is 8.65. The maximum absolute atomic E-state index is 13.7. The van der Waals surface area contributed by atoms with Crippen LogP contribution in [0.25, 0.3) is 0 Å². The number of methoxy groups -OCH3 is 2. The lowest BCUT2D eigenvalue weighted by Crippen LogP contribution is -2.53. The van der Waals surface area contributed by atoms with Crippen LogP contribution >= 0.6 is 0 Å². The Hall–Kier alpha value is -3.00. The number of allylic oxidation sites excluding steroid dienone is 1. The van der Waals surface area contributed by atoms with Crippen molar-refractivity contribution in [1.82, 2.24) is 24.9 Å². The number of carbonyl (C=O) groups is 1. The Bertz CT molecular complexity index is 1120. The molecule has 0 saturated carbocycles. The van der Waals surface area contributed by atoms with E-state index >= 15 is 0 Å². The third-order valence-corrected chi connectivity index (χ3v) is 7.92. The molecular formula is C26H35N5O3. The molecule has 4 heterocycles. The Morgan fingerprint density at radius 1 is 1.21 bits per heavy atom. The summed E-state index contributed by atoms with van der Waals surface area (Å²) in [5, 5.41) is 7.24. The zero-order valence-corrected chi connectivity index (χ0v) is 20.9. The molecule has 0 aliphatic carbocycles. The van der Waals surface area contributed by atoms with E-state index in [9.17, 15) is 4.79 Å². The second-order valence-electron chi connectivity index (χ2n) is 9.66. The molecule has 2 fully saturated rings. The van der Waals surface area contributed by atoms with Gasteiger partial charge in [-0.3, -0.25) is 14.9 Å². The van der Waals surface area contributed by atoms with Crippen LogP contribution in [0, 0.1) is 6.92 Å². The number of rotatable bonds is 5. The number of hydrogen-bond acceptors (Lipinski definition) is 5. The molecule has 2 amide bonds. The molecule has 34 heavy (non-hydrogen) atoms. The van der Waals surface area contributed by atoms with Crippen molar-refractivity contribution in [3.05, 3.63) is 52.5 Å². The number of nitrogens with one attached hydrogen (secondary N) is 1. The number of piperidine rings is 1. The van der Waals surface area contributed by atoms with Gasteiger partial charge >= 0.3 is 6.03 Å². The number of aryl methyl sites for hydroxylation is 1. The first-order chi connectivity index (χ1) is 16.4. The highest BCUT2D eigenvalue weighted by molar-refractivity contribution is 5.83. The zero-order chi connectivity index (χ0) is 24.0. The Balaban J connectivity index is 1.48. The van der Waals surface area contributed by atoms with Gasteiger partial charge in [-0.05, 0) is 38.3 Å². The number of likely N-dealkylation sites (N-methyl/N-ethyl adjacent to an activating group) is 1. The van der Waals surface area contributed by atoms with E-state index < -0.39 is 0 Å². The fourth-order valence-electron chi connectivity index (χ4n) is 6.13. The van der Waals surface area contributed by atoms with Crippen LogP contribution < -0.4 is 9.47 Å². The van der Waals surface area contributed by atoms with Crippen LogP contribution in [0.3, 0.4) is 0 Å². The van der Waals surface area contributed by atoms with E-state index in [0.29, 0.717) is 13.1 Å². The molecule has 5 rings (SSSR count). The highest BCUT2D eigenvalue weighted by Gasteiger charge is 2.54. The number of benzene rings is 1. The van der Waals surface area contributed by atoms with Crippen LogP contribution in [-0.2, 0) is 13.1 Å². The van der Waals surface area contributed by atoms with Gasteiger partial charge in [0.1, 0.15) is 11.5 Å². The number of aromatic nitrogens is 2. The van der Waals surface area contributed by atoms with Crippen molar-refractivity contribution in [1.29, 1.82) is 0 Å². The van der Waals surface area contributed by atoms with Gasteiger partial charge in [0.2, 0.25) is 0 Å². The second-order valence-corrected chi connectivity index (χ2v) is 9.66. The summed E-state index contributed by atoms with van der Waals surface area (Å²) in [5.41, 5.74) is 5.42. The minimum atomic E-state index is -0.263. The summed E-state index contributed by atoms with van der Waals surface area (Å²) >= 11 is 0. The molecule has 1 atom stereocenters. The predicted molar refractivity (Wildman–Crippen MR) is 130 cm³/mol. The van der Waals surface area contributed by atoms with Crippen molar-refractivity contribution in [2.75, 3.05) is 33.9 Å². The molecule has 8 heteroatoms.